The maximum absolute atomic E-state index is 13.0. The zero-order valence-electron chi connectivity index (χ0n) is 7.79. The number of amidine groups is 1. The van der Waals surface area contributed by atoms with E-state index in [1.165, 1.54) is 23.9 Å². The third kappa shape index (κ3) is 3.42. The Bertz CT molecular complexity index is 428. The number of aliphatic imine (C=N–C) groups is 1. The molecule has 0 radical (unpaired) electrons. The monoisotopic (exact) mass is 243 g/mol. The van der Waals surface area contributed by atoms with Gasteiger partial charge in [0.05, 0.1) is 10.7 Å². The number of nitriles is 1. The van der Waals surface area contributed by atoms with Gasteiger partial charge >= 0.3 is 0 Å². The van der Waals surface area contributed by atoms with Gasteiger partial charge in [-0.05, 0) is 18.4 Å². The van der Waals surface area contributed by atoms with Gasteiger partial charge in [0.1, 0.15) is 5.82 Å². The molecule has 1 aromatic carbocycles. The van der Waals surface area contributed by atoms with Crippen LogP contribution in [0.5, 0.6) is 0 Å². The molecule has 1 rings (SSSR count). The van der Waals surface area contributed by atoms with Gasteiger partial charge in [0.25, 0.3) is 0 Å². The molecule has 0 unspecified atom stereocenters. The molecule has 0 heterocycles. The fraction of sp³-hybridized carbons (Fsp3) is 0.111. The Morgan fingerprint density at radius 2 is 2.40 bits per heavy atom. The molecule has 0 fully saturated rings. The van der Waals surface area contributed by atoms with Crippen molar-refractivity contribution in [2.45, 2.75) is 0 Å². The lowest BCUT2D eigenvalue weighted by atomic mass is 10.3. The Kier molecular flexibility index (Phi) is 4.40. The van der Waals surface area contributed by atoms with Crippen LogP contribution >= 0.6 is 23.4 Å². The minimum absolute atomic E-state index is 0.0490. The number of hydrogen-bond donors (Lipinski definition) is 1. The van der Waals surface area contributed by atoms with E-state index in [0.29, 0.717) is 10.9 Å². The molecule has 0 amide bonds. The van der Waals surface area contributed by atoms with Gasteiger partial charge in [-0.1, -0.05) is 23.4 Å². The molecule has 15 heavy (non-hydrogen) atoms. The van der Waals surface area contributed by atoms with Crippen molar-refractivity contribution in [2.75, 3.05) is 6.26 Å². The summed E-state index contributed by atoms with van der Waals surface area (Å²) in [4.78, 5) is 4.02. The van der Waals surface area contributed by atoms with Crippen molar-refractivity contribution in [1.82, 2.24) is 5.32 Å². The molecule has 0 spiro atoms. The SMILES string of the molecule is CSC(=Nc1ccc(Cl)c(F)c1)NC#N. The summed E-state index contributed by atoms with van der Waals surface area (Å²) in [5, 5.41) is 11.2. The van der Waals surface area contributed by atoms with E-state index in [1.54, 1.807) is 18.5 Å². The molecular weight excluding hydrogens is 237 g/mol. The zero-order chi connectivity index (χ0) is 11.3. The van der Waals surface area contributed by atoms with Crippen LogP contribution in [0.15, 0.2) is 23.2 Å². The summed E-state index contributed by atoms with van der Waals surface area (Å²) in [5.41, 5.74) is 0.406. The third-order valence-corrected chi connectivity index (χ3v) is 2.38. The smallest absolute Gasteiger partial charge is 0.183 e. The third-order valence-electron chi connectivity index (χ3n) is 1.49. The number of rotatable bonds is 1. The van der Waals surface area contributed by atoms with Gasteiger partial charge in [-0.25, -0.2) is 9.38 Å². The van der Waals surface area contributed by atoms with Gasteiger partial charge in [-0.2, -0.15) is 5.26 Å². The van der Waals surface area contributed by atoms with Crippen molar-refractivity contribution in [3.8, 4) is 6.19 Å². The quantitative estimate of drug-likeness (QED) is 0.357. The minimum Gasteiger partial charge on any atom is -0.271 e. The van der Waals surface area contributed by atoms with Crippen LogP contribution in [0.25, 0.3) is 0 Å². The molecule has 0 saturated carbocycles. The Balaban J connectivity index is 2.97. The first-order valence-corrected chi connectivity index (χ1v) is 5.50. The number of halogens is 2. The number of nitrogens with one attached hydrogen (secondary N) is 1. The largest absolute Gasteiger partial charge is 0.271 e. The highest BCUT2D eigenvalue weighted by Crippen LogP contribution is 2.21. The summed E-state index contributed by atoms with van der Waals surface area (Å²) in [5.74, 6) is -0.532. The first-order valence-electron chi connectivity index (χ1n) is 3.90. The summed E-state index contributed by atoms with van der Waals surface area (Å²) < 4.78 is 13.0. The van der Waals surface area contributed by atoms with E-state index in [-0.39, 0.29) is 5.02 Å². The second-order valence-electron chi connectivity index (χ2n) is 2.46. The Morgan fingerprint density at radius 1 is 1.67 bits per heavy atom. The normalized spacial score (nSPS) is 10.9. The highest BCUT2D eigenvalue weighted by molar-refractivity contribution is 8.13. The lowest BCUT2D eigenvalue weighted by Crippen LogP contribution is -2.12. The van der Waals surface area contributed by atoms with Crippen molar-refractivity contribution in [3.63, 3.8) is 0 Å². The first-order chi connectivity index (χ1) is 7.17. The predicted octanol–water partition coefficient (Wildman–Crippen LogP) is 2.90. The molecule has 0 aliphatic rings. The van der Waals surface area contributed by atoms with Crippen molar-refractivity contribution in [3.05, 3.63) is 29.0 Å². The van der Waals surface area contributed by atoms with Crippen LogP contribution in [0.1, 0.15) is 0 Å². The van der Waals surface area contributed by atoms with Crippen LogP contribution < -0.4 is 5.32 Å². The fourth-order valence-electron chi connectivity index (χ4n) is 0.844. The second kappa shape index (κ2) is 5.59. The summed E-state index contributed by atoms with van der Waals surface area (Å²) >= 11 is 6.78. The first kappa shape index (κ1) is 11.8. The second-order valence-corrected chi connectivity index (χ2v) is 3.66. The van der Waals surface area contributed by atoms with Gasteiger partial charge in [-0.3, -0.25) is 5.32 Å². The summed E-state index contributed by atoms with van der Waals surface area (Å²) in [6.45, 7) is 0. The molecule has 6 heteroatoms. The van der Waals surface area contributed by atoms with E-state index in [4.69, 9.17) is 16.9 Å². The van der Waals surface area contributed by atoms with Crippen molar-refractivity contribution in [1.29, 1.82) is 5.26 Å². The predicted molar refractivity (Wildman–Crippen MR) is 60.8 cm³/mol. The van der Waals surface area contributed by atoms with Crippen LogP contribution in [0.3, 0.4) is 0 Å². The molecule has 0 aliphatic carbocycles. The Labute approximate surface area is 96.0 Å². The summed E-state index contributed by atoms with van der Waals surface area (Å²) in [7, 11) is 0. The highest BCUT2D eigenvalue weighted by atomic mass is 35.5. The standard InChI is InChI=1S/C9H7ClFN3S/c1-15-9(13-5-12)14-6-2-3-7(10)8(11)4-6/h2-4H,1H3,(H,13,14). The summed E-state index contributed by atoms with van der Waals surface area (Å²) in [6.07, 6.45) is 3.50. The van der Waals surface area contributed by atoms with Gasteiger partial charge in [0, 0.05) is 6.07 Å². The summed E-state index contributed by atoms with van der Waals surface area (Å²) in [6, 6.07) is 4.19. The molecule has 3 nitrogen and oxygen atoms in total. The van der Waals surface area contributed by atoms with Crippen molar-refractivity contribution < 1.29 is 4.39 Å². The number of thioether (sulfide) groups is 1. The number of hydrogen-bond acceptors (Lipinski definition) is 3. The van der Waals surface area contributed by atoms with Crippen LogP contribution in [0.4, 0.5) is 10.1 Å². The molecular formula is C9H7ClFN3S. The van der Waals surface area contributed by atoms with Crippen LogP contribution in [0, 0.1) is 17.3 Å². The number of benzene rings is 1. The number of nitrogens with zero attached hydrogens (tertiary/aromatic N) is 2. The van der Waals surface area contributed by atoms with E-state index in [9.17, 15) is 4.39 Å². The molecule has 0 bridgehead atoms. The topological polar surface area (TPSA) is 48.2 Å². The molecule has 0 saturated heterocycles. The molecule has 0 aromatic heterocycles. The van der Waals surface area contributed by atoms with Crippen LogP contribution in [-0.4, -0.2) is 11.4 Å². The molecule has 0 atom stereocenters. The average molecular weight is 244 g/mol. The van der Waals surface area contributed by atoms with E-state index in [2.05, 4.69) is 10.3 Å². The molecule has 1 aromatic rings. The zero-order valence-corrected chi connectivity index (χ0v) is 9.36. The van der Waals surface area contributed by atoms with E-state index < -0.39 is 5.82 Å². The van der Waals surface area contributed by atoms with Crippen LogP contribution in [0.2, 0.25) is 5.02 Å². The van der Waals surface area contributed by atoms with Gasteiger partial charge in [0.2, 0.25) is 0 Å². The van der Waals surface area contributed by atoms with Gasteiger partial charge in [0.15, 0.2) is 11.4 Å². The van der Waals surface area contributed by atoms with E-state index in [0.717, 1.165) is 0 Å². The average Bonchev–Trinajstić information content (AvgIpc) is 2.23. The maximum atomic E-state index is 13.0. The lowest BCUT2D eigenvalue weighted by molar-refractivity contribution is 0.628. The highest BCUT2D eigenvalue weighted by Gasteiger charge is 2.01. The molecule has 1 N–H and O–H groups in total. The Morgan fingerprint density at radius 3 is 2.93 bits per heavy atom. The lowest BCUT2D eigenvalue weighted by Gasteiger charge is -2.00. The molecule has 78 valence electrons. The van der Waals surface area contributed by atoms with Crippen molar-refractivity contribution >= 4 is 34.2 Å². The van der Waals surface area contributed by atoms with Crippen LogP contribution in [-0.2, 0) is 0 Å². The minimum atomic E-state index is -0.532. The maximum Gasteiger partial charge on any atom is 0.183 e. The molecule has 0 aliphatic heterocycles. The van der Waals surface area contributed by atoms with Gasteiger partial charge < -0.3 is 0 Å². The van der Waals surface area contributed by atoms with Gasteiger partial charge in [-0.15, -0.1) is 0 Å². The van der Waals surface area contributed by atoms with E-state index >= 15 is 0 Å². The Hall–Kier alpha value is -1.25. The van der Waals surface area contributed by atoms with Crippen molar-refractivity contribution in [2.24, 2.45) is 4.99 Å². The van der Waals surface area contributed by atoms with E-state index in [1.807, 2.05) is 0 Å². The fourth-order valence-corrected chi connectivity index (χ4v) is 1.31.